The lowest BCUT2D eigenvalue weighted by atomic mass is 10.00. The van der Waals surface area contributed by atoms with Gasteiger partial charge in [-0.1, -0.05) is 37.3 Å². The van der Waals surface area contributed by atoms with Crippen LogP contribution in [0.4, 0.5) is 8.78 Å². The molecule has 8 heteroatoms. The molecule has 1 amide bonds. The summed E-state index contributed by atoms with van der Waals surface area (Å²) in [6.45, 7) is 3.99. The second kappa shape index (κ2) is 13.5. The van der Waals surface area contributed by atoms with Gasteiger partial charge in [0.05, 0.1) is 18.8 Å². The molecule has 3 aromatic carbocycles. The molecule has 4 aromatic rings. The molecule has 3 N–H and O–H groups in total. The summed E-state index contributed by atoms with van der Waals surface area (Å²) in [7, 11) is 1.64. The highest BCUT2D eigenvalue weighted by atomic mass is 19.1. The van der Waals surface area contributed by atoms with Crippen LogP contribution in [0.15, 0.2) is 72.9 Å². The zero-order valence-electron chi connectivity index (χ0n) is 22.3. The van der Waals surface area contributed by atoms with E-state index in [4.69, 9.17) is 4.74 Å². The monoisotopic (exact) mass is 535 g/mol. The van der Waals surface area contributed by atoms with Gasteiger partial charge in [-0.3, -0.25) is 4.79 Å². The van der Waals surface area contributed by atoms with Gasteiger partial charge < -0.3 is 25.0 Å². The van der Waals surface area contributed by atoms with E-state index in [1.165, 1.54) is 17.7 Å². The Kier molecular flexibility index (Phi) is 9.81. The number of carbonyl (C=O) groups excluding carboxylic acids is 1. The molecule has 0 saturated carbocycles. The van der Waals surface area contributed by atoms with Gasteiger partial charge in [0.15, 0.2) is 0 Å². The number of hydrogen-bond donors (Lipinski definition) is 3. The number of nitrogens with zero attached hydrogens (tertiary/aromatic N) is 1. The predicted molar refractivity (Wildman–Crippen MR) is 149 cm³/mol. The summed E-state index contributed by atoms with van der Waals surface area (Å²) < 4.78 is 35.0. The molecule has 1 heterocycles. The minimum absolute atomic E-state index is 0.0566. The van der Waals surface area contributed by atoms with Crippen molar-refractivity contribution in [2.75, 3.05) is 20.3 Å². The van der Waals surface area contributed by atoms with Gasteiger partial charge in [-0.2, -0.15) is 0 Å². The van der Waals surface area contributed by atoms with Gasteiger partial charge >= 0.3 is 0 Å². The van der Waals surface area contributed by atoms with E-state index in [0.717, 1.165) is 29.0 Å². The highest BCUT2D eigenvalue weighted by molar-refractivity contribution is 5.98. The Morgan fingerprint density at radius 3 is 2.51 bits per heavy atom. The maximum atomic E-state index is 13.9. The number of fused-ring (bicyclic) bond motifs is 1. The molecule has 4 rings (SSSR count). The Balaban J connectivity index is 1.50. The summed E-state index contributed by atoms with van der Waals surface area (Å²) in [6, 6.07) is 18.0. The molecule has 2 unspecified atom stereocenters. The Morgan fingerprint density at radius 1 is 1.00 bits per heavy atom. The highest BCUT2D eigenvalue weighted by Gasteiger charge is 2.23. The first-order valence-electron chi connectivity index (χ1n) is 13.2. The molecule has 1 aromatic heterocycles. The van der Waals surface area contributed by atoms with E-state index >= 15 is 0 Å². The smallest absolute Gasteiger partial charge is 0.251 e. The van der Waals surface area contributed by atoms with Gasteiger partial charge in [-0.05, 0) is 65.3 Å². The van der Waals surface area contributed by atoms with Crippen LogP contribution >= 0.6 is 0 Å². The van der Waals surface area contributed by atoms with E-state index in [1.807, 2.05) is 35.0 Å². The Morgan fingerprint density at radius 2 is 1.77 bits per heavy atom. The topological polar surface area (TPSA) is 75.5 Å². The van der Waals surface area contributed by atoms with E-state index in [1.54, 1.807) is 19.2 Å². The summed E-state index contributed by atoms with van der Waals surface area (Å²) in [4.78, 5) is 13.3. The molecule has 0 fully saturated rings. The second-order valence-corrected chi connectivity index (χ2v) is 9.71. The number of halogens is 2. The van der Waals surface area contributed by atoms with Gasteiger partial charge in [0.1, 0.15) is 11.6 Å². The third-order valence-corrected chi connectivity index (χ3v) is 6.81. The van der Waals surface area contributed by atoms with Crippen LogP contribution < -0.4 is 10.6 Å². The van der Waals surface area contributed by atoms with Gasteiger partial charge in [-0.25, -0.2) is 8.78 Å². The molecule has 0 bridgehead atoms. The molecule has 6 nitrogen and oxygen atoms in total. The Hall–Kier alpha value is -3.59. The number of aliphatic hydroxyl groups excluding tert-OH is 1. The largest absolute Gasteiger partial charge is 0.390 e. The maximum absolute atomic E-state index is 13.9. The van der Waals surface area contributed by atoms with Crippen molar-refractivity contribution in [1.29, 1.82) is 0 Å². The summed E-state index contributed by atoms with van der Waals surface area (Å²) >= 11 is 0. The number of hydrogen-bond acceptors (Lipinski definition) is 4. The fourth-order valence-electron chi connectivity index (χ4n) is 4.69. The SMILES string of the molecule is CCc1cccc(CNCC(O)C(Cc2cc(F)cc(F)c2)NC(=O)c2ccc3ccn(CCOC)c3c2)c1. The average Bonchev–Trinajstić information content (AvgIpc) is 3.33. The number of amides is 1. The first-order chi connectivity index (χ1) is 18.9. The van der Waals surface area contributed by atoms with Crippen LogP contribution in [0.2, 0.25) is 0 Å². The number of methoxy groups -OCH3 is 1. The molecule has 2 atom stereocenters. The predicted octanol–water partition coefficient (Wildman–Crippen LogP) is 4.62. The van der Waals surface area contributed by atoms with Crippen LogP contribution in [0.3, 0.4) is 0 Å². The molecule has 0 saturated heterocycles. The highest BCUT2D eigenvalue weighted by Crippen LogP contribution is 2.19. The number of benzene rings is 3. The van der Waals surface area contributed by atoms with Crippen molar-refractivity contribution in [1.82, 2.24) is 15.2 Å². The lowest BCUT2D eigenvalue weighted by Crippen LogP contribution is -2.48. The Bertz CT molecular complexity index is 1380. The number of aryl methyl sites for hydroxylation is 1. The van der Waals surface area contributed by atoms with Crippen molar-refractivity contribution in [3.05, 3.63) is 107 Å². The fraction of sp³-hybridized carbons (Fsp3) is 0.323. The summed E-state index contributed by atoms with van der Waals surface area (Å²) in [5.41, 5.74) is 3.96. The molecular formula is C31H35F2N3O3. The first kappa shape index (κ1) is 28.4. The minimum atomic E-state index is -1.01. The molecule has 206 valence electrons. The molecule has 0 spiro atoms. The Labute approximate surface area is 227 Å². The van der Waals surface area contributed by atoms with E-state index in [0.29, 0.717) is 30.8 Å². The third kappa shape index (κ3) is 7.72. The maximum Gasteiger partial charge on any atom is 0.251 e. The summed E-state index contributed by atoms with van der Waals surface area (Å²) in [6.07, 6.45) is 1.92. The van der Waals surface area contributed by atoms with Crippen LogP contribution in [0.25, 0.3) is 10.9 Å². The standard InChI is InChI=1S/C31H35F2N3O3/c1-3-21-5-4-6-22(13-21)19-34-20-30(37)28(16-23-14-26(32)18-27(33)15-23)35-31(38)25-8-7-24-9-10-36(11-12-39-2)29(24)17-25/h4-10,13-15,17-18,28,30,34,37H,3,11-12,16,19-20H2,1-2H3,(H,35,38). The van der Waals surface area contributed by atoms with Crippen molar-refractivity contribution < 1.29 is 23.4 Å². The molecule has 0 aliphatic carbocycles. The quantitative estimate of drug-likeness (QED) is 0.234. The zero-order chi connectivity index (χ0) is 27.8. The van der Waals surface area contributed by atoms with Crippen molar-refractivity contribution >= 4 is 16.8 Å². The fourth-order valence-corrected chi connectivity index (χ4v) is 4.69. The zero-order valence-corrected chi connectivity index (χ0v) is 22.3. The van der Waals surface area contributed by atoms with Gasteiger partial charge in [0.2, 0.25) is 0 Å². The first-order valence-corrected chi connectivity index (χ1v) is 13.2. The normalized spacial score (nSPS) is 12.9. The van der Waals surface area contributed by atoms with Crippen molar-refractivity contribution in [2.45, 2.75) is 45.0 Å². The average molecular weight is 536 g/mol. The number of nitrogens with one attached hydrogen (secondary N) is 2. The van der Waals surface area contributed by atoms with E-state index in [2.05, 4.69) is 29.7 Å². The van der Waals surface area contributed by atoms with Gasteiger partial charge in [0, 0.05) is 50.1 Å². The second-order valence-electron chi connectivity index (χ2n) is 9.71. The summed E-state index contributed by atoms with van der Waals surface area (Å²) in [5.74, 6) is -1.80. The lowest BCUT2D eigenvalue weighted by Gasteiger charge is -2.25. The number of carbonyl (C=O) groups is 1. The molecule has 0 aliphatic rings. The van der Waals surface area contributed by atoms with Crippen molar-refractivity contribution in [3.63, 3.8) is 0 Å². The molecule has 0 aliphatic heterocycles. The van der Waals surface area contributed by atoms with E-state index in [-0.39, 0.29) is 18.9 Å². The number of ether oxygens (including phenoxy) is 1. The summed E-state index contributed by atoms with van der Waals surface area (Å²) in [5, 5.41) is 18.2. The van der Waals surface area contributed by atoms with Crippen molar-refractivity contribution in [2.24, 2.45) is 0 Å². The van der Waals surface area contributed by atoms with Crippen LogP contribution in [0, 0.1) is 11.6 Å². The van der Waals surface area contributed by atoms with Gasteiger partial charge in [-0.15, -0.1) is 0 Å². The number of rotatable bonds is 13. The van der Waals surface area contributed by atoms with Crippen molar-refractivity contribution in [3.8, 4) is 0 Å². The minimum Gasteiger partial charge on any atom is -0.390 e. The van der Waals surface area contributed by atoms with Crippen LogP contribution in [0.5, 0.6) is 0 Å². The van der Waals surface area contributed by atoms with E-state index < -0.39 is 23.8 Å². The lowest BCUT2D eigenvalue weighted by molar-refractivity contribution is 0.0830. The van der Waals surface area contributed by atoms with Gasteiger partial charge in [0.25, 0.3) is 5.91 Å². The number of aliphatic hydroxyl groups is 1. The molecule has 39 heavy (non-hydrogen) atoms. The molecular weight excluding hydrogens is 500 g/mol. The number of aromatic nitrogens is 1. The molecule has 0 radical (unpaired) electrons. The van der Waals surface area contributed by atoms with Crippen LogP contribution in [-0.2, 0) is 30.7 Å². The van der Waals surface area contributed by atoms with Crippen LogP contribution in [0.1, 0.15) is 34.0 Å². The third-order valence-electron chi connectivity index (χ3n) is 6.81. The van der Waals surface area contributed by atoms with Crippen LogP contribution in [-0.4, -0.2) is 48.0 Å². The van der Waals surface area contributed by atoms with E-state index in [9.17, 15) is 18.7 Å².